The quantitative estimate of drug-likeness (QED) is 0.819. The van der Waals surface area contributed by atoms with Gasteiger partial charge in [0.2, 0.25) is 0 Å². The number of benzene rings is 1. The van der Waals surface area contributed by atoms with E-state index in [4.69, 9.17) is 4.42 Å². The first-order valence-corrected chi connectivity index (χ1v) is 4.66. The van der Waals surface area contributed by atoms with Crippen LogP contribution in [0.5, 0.6) is 0 Å². The Morgan fingerprint density at radius 1 is 1.27 bits per heavy atom. The van der Waals surface area contributed by atoms with Crippen molar-refractivity contribution in [3.63, 3.8) is 0 Å². The van der Waals surface area contributed by atoms with Crippen molar-refractivity contribution in [2.75, 3.05) is 0 Å². The summed E-state index contributed by atoms with van der Waals surface area (Å²) >= 11 is 0. The van der Waals surface area contributed by atoms with E-state index in [-0.39, 0.29) is 5.82 Å². The highest BCUT2D eigenvalue weighted by atomic mass is 19.1. The molecule has 1 aromatic carbocycles. The van der Waals surface area contributed by atoms with Crippen LogP contribution in [0.15, 0.2) is 40.8 Å². The minimum Gasteiger partial charge on any atom is -0.463 e. The molecule has 1 atom stereocenters. The van der Waals surface area contributed by atoms with Crippen LogP contribution in [0.2, 0.25) is 0 Å². The SMILES string of the molecule is Cc1ccc(C(O)c2cccc(F)c2)o1. The van der Waals surface area contributed by atoms with Crippen LogP contribution in [-0.4, -0.2) is 5.11 Å². The Bertz CT molecular complexity index is 462. The van der Waals surface area contributed by atoms with Gasteiger partial charge in [-0.15, -0.1) is 0 Å². The molecule has 0 amide bonds. The second-order valence-electron chi connectivity index (χ2n) is 3.41. The first-order chi connectivity index (χ1) is 7.16. The molecular weight excluding hydrogens is 195 g/mol. The summed E-state index contributed by atoms with van der Waals surface area (Å²) in [7, 11) is 0. The van der Waals surface area contributed by atoms with E-state index in [0.717, 1.165) is 5.76 Å². The fraction of sp³-hybridized carbons (Fsp3) is 0.167. The number of halogens is 1. The van der Waals surface area contributed by atoms with Crippen LogP contribution in [0.1, 0.15) is 23.2 Å². The molecule has 0 saturated carbocycles. The zero-order valence-electron chi connectivity index (χ0n) is 8.27. The molecule has 0 aliphatic rings. The molecule has 0 bridgehead atoms. The zero-order valence-corrected chi connectivity index (χ0v) is 8.27. The van der Waals surface area contributed by atoms with E-state index >= 15 is 0 Å². The topological polar surface area (TPSA) is 33.4 Å². The van der Waals surface area contributed by atoms with Crippen molar-refractivity contribution >= 4 is 0 Å². The normalized spacial score (nSPS) is 12.7. The van der Waals surface area contributed by atoms with E-state index in [1.54, 1.807) is 31.2 Å². The molecule has 1 aromatic heterocycles. The highest BCUT2D eigenvalue weighted by Gasteiger charge is 2.14. The van der Waals surface area contributed by atoms with E-state index in [9.17, 15) is 9.50 Å². The minimum atomic E-state index is -0.908. The Balaban J connectivity index is 2.32. The fourth-order valence-corrected chi connectivity index (χ4v) is 1.44. The Morgan fingerprint density at radius 3 is 2.67 bits per heavy atom. The lowest BCUT2D eigenvalue weighted by Crippen LogP contribution is -1.98. The summed E-state index contributed by atoms with van der Waals surface area (Å²) in [5.41, 5.74) is 0.490. The Kier molecular flexibility index (Phi) is 2.56. The molecule has 2 aromatic rings. The van der Waals surface area contributed by atoms with Crippen molar-refractivity contribution < 1.29 is 13.9 Å². The summed E-state index contributed by atoms with van der Waals surface area (Å²) in [5.74, 6) is 0.786. The molecule has 2 nitrogen and oxygen atoms in total. The third-order valence-corrected chi connectivity index (χ3v) is 2.20. The van der Waals surface area contributed by atoms with Crippen LogP contribution < -0.4 is 0 Å². The van der Waals surface area contributed by atoms with Crippen molar-refractivity contribution in [2.45, 2.75) is 13.0 Å². The molecule has 78 valence electrons. The molecule has 15 heavy (non-hydrogen) atoms. The van der Waals surface area contributed by atoms with E-state index in [0.29, 0.717) is 11.3 Å². The van der Waals surface area contributed by atoms with Crippen LogP contribution >= 0.6 is 0 Å². The molecule has 1 N–H and O–H groups in total. The van der Waals surface area contributed by atoms with Crippen molar-refractivity contribution in [1.29, 1.82) is 0 Å². The number of aliphatic hydroxyl groups excluding tert-OH is 1. The molecule has 1 unspecified atom stereocenters. The van der Waals surface area contributed by atoms with Gasteiger partial charge in [-0.3, -0.25) is 0 Å². The summed E-state index contributed by atoms with van der Waals surface area (Å²) in [6.45, 7) is 1.79. The van der Waals surface area contributed by atoms with Crippen LogP contribution in [0.25, 0.3) is 0 Å². The number of aliphatic hydroxyl groups is 1. The summed E-state index contributed by atoms with van der Waals surface area (Å²) in [6.07, 6.45) is -0.908. The first-order valence-electron chi connectivity index (χ1n) is 4.66. The Morgan fingerprint density at radius 2 is 2.07 bits per heavy atom. The van der Waals surface area contributed by atoms with Gasteiger partial charge < -0.3 is 9.52 Å². The monoisotopic (exact) mass is 206 g/mol. The molecule has 0 saturated heterocycles. The third-order valence-electron chi connectivity index (χ3n) is 2.20. The molecule has 0 fully saturated rings. The predicted molar refractivity (Wildman–Crippen MR) is 53.9 cm³/mol. The molecule has 0 aliphatic carbocycles. The zero-order chi connectivity index (χ0) is 10.8. The predicted octanol–water partition coefficient (Wildman–Crippen LogP) is 2.81. The minimum absolute atomic E-state index is 0.366. The van der Waals surface area contributed by atoms with Gasteiger partial charge in [-0.2, -0.15) is 0 Å². The number of hydrogen-bond acceptors (Lipinski definition) is 2. The number of furan rings is 1. The highest BCUT2D eigenvalue weighted by Crippen LogP contribution is 2.23. The number of aryl methyl sites for hydroxylation is 1. The molecule has 0 radical (unpaired) electrons. The largest absolute Gasteiger partial charge is 0.463 e. The molecule has 0 spiro atoms. The summed E-state index contributed by atoms with van der Waals surface area (Å²) in [4.78, 5) is 0. The Hall–Kier alpha value is -1.61. The summed E-state index contributed by atoms with van der Waals surface area (Å²) in [6, 6.07) is 9.30. The van der Waals surface area contributed by atoms with Gasteiger partial charge >= 0.3 is 0 Å². The van der Waals surface area contributed by atoms with E-state index in [1.165, 1.54) is 12.1 Å². The van der Waals surface area contributed by atoms with E-state index < -0.39 is 6.10 Å². The van der Waals surface area contributed by atoms with Gasteiger partial charge in [-0.25, -0.2) is 4.39 Å². The summed E-state index contributed by atoms with van der Waals surface area (Å²) < 4.78 is 18.2. The second kappa shape index (κ2) is 3.87. The van der Waals surface area contributed by atoms with Crippen molar-refractivity contribution in [3.8, 4) is 0 Å². The van der Waals surface area contributed by atoms with Crippen molar-refractivity contribution in [2.24, 2.45) is 0 Å². The lowest BCUT2D eigenvalue weighted by molar-refractivity contribution is 0.187. The van der Waals surface area contributed by atoms with Crippen LogP contribution in [-0.2, 0) is 0 Å². The van der Waals surface area contributed by atoms with Gasteiger partial charge in [0.05, 0.1) is 0 Å². The van der Waals surface area contributed by atoms with Gasteiger partial charge in [0, 0.05) is 0 Å². The van der Waals surface area contributed by atoms with Crippen molar-refractivity contribution in [3.05, 3.63) is 59.3 Å². The smallest absolute Gasteiger partial charge is 0.137 e. The fourth-order valence-electron chi connectivity index (χ4n) is 1.44. The Labute approximate surface area is 87.0 Å². The maximum Gasteiger partial charge on any atom is 0.137 e. The molecule has 2 rings (SSSR count). The molecule has 1 heterocycles. The molecular formula is C12H11FO2. The number of hydrogen-bond donors (Lipinski definition) is 1. The standard InChI is InChI=1S/C12H11FO2/c1-8-5-6-11(15-8)12(14)9-3-2-4-10(13)7-9/h2-7,12,14H,1H3. The first kappa shape index (κ1) is 9.93. The van der Waals surface area contributed by atoms with Crippen molar-refractivity contribution in [1.82, 2.24) is 0 Å². The molecule has 0 aliphatic heterocycles. The van der Waals surface area contributed by atoms with Gasteiger partial charge in [0.25, 0.3) is 0 Å². The highest BCUT2D eigenvalue weighted by molar-refractivity contribution is 5.25. The van der Waals surface area contributed by atoms with Crippen LogP contribution in [0.4, 0.5) is 4.39 Å². The van der Waals surface area contributed by atoms with E-state index in [2.05, 4.69) is 0 Å². The van der Waals surface area contributed by atoms with Gasteiger partial charge in [-0.1, -0.05) is 12.1 Å². The van der Waals surface area contributed by atoms with Gasteiger partial charge in [0.1, 0.15) is 23.4 Å². The lowest BCUT2D eigenvalue weighted by atomic mass is 10.1. The average molecular weight is 206 g/mol. The molecule has 3 heteroatoms. The van der Waals surface area contributed by atoms with E-state index in [1.807, 2.05) is 0 Å². The maximum absolute atomic E-state index is 12.9. The lowest BCUT2D eigenvalue weighted by Gasteiger charge is -2.07. The third kappa shape index (κ3) is 2.07. The van der Waals surface area contributed by atoms with Crippen LogP contribution in [0.3, 0.4) is 0 Å². The maximum atomic E-state index is 12.9. The van der Waals surface area contributed by atoms with Gasteiger partial charge in [-0.05, 0) is 36.8 Å². The van der Waals surface area contributed by atoms with Gasteiger partial charge in [0.15, 0.2) is 0 Å². The number of rotatable bonds is 2. The summed E-state index contributed by atoms with van der Waals surface area (Å²) in [5, 5.41) is 9.87. The second-order valence-corrected chi connectivity index (χ2v) is 3.41. The average Bonchev–Trinajstić information content (AvgIpc) is 2.64. The van der Waals surface area contributed by atoms with Crippen LogP contribution in [0, 0.1) is 12.7 Å².